The van der Waals surface area contributed by atoms with E-state index >= 15 is 0 Å². The lowest BCUT2D eigenvalue weighted by atomic mass is 10.1. The smallest absolute Gasteiger partial charge is 0.264 e. The zero-order chi connectivity index (χ0) is 32.6. The molecule has 0 aliphatic carbocycles. The van der Waals surface area contributed by atoms with Crippen LogP contribution in [-0.2, 0) is 26.2 Å². The van der Waals surface area contributed by atoms with Crippen molar-refractivity contribution in [2.45, 2.75) is 77.9 Å². The molecule has 0 aliphatic heterocycles. The number of ether oxygens (including phenoxy) is 2. The Morgan fingerprint density at radius 2 is 1.50 bits per heavy atom. The lowest BCUT2D eigenvalue weighted by Crippen LogP contribution is -2.53. The number of nitrogens with zero attached hydrogens (tertiary/aromatic N) is 2. The second-order valence-corrected chi connectivity index (χ2v) is 12.9. The number of aryl methyl sites for hydroxylation is 3. The quantitative estimate of drug-likeness (QED) is 0.253. The van der Waals surface area contributed by atoms with E-state index in [4.69, 9.17) is 9.47 Å². The summed E-state index contributed by atoms with van der Waals surface area (Å²) in [5, 5.41) is 3.01. The SMILES string of the molecule is CC[C@@H](C)NC(=O)[C@@H](CC)N(Cc1ccccc1C)C(=O)CN(c1cc(C)cc(C)c1)S(=O)(=O)c1ccc(OC)c(OC)c1. The van der Waals surface area contributed by atoms with Crippen LogP contribution in [-0.4, -0.2) is 58.0 Å². The van der Waals surface area contributed by atoms with Crippen LogP contribution in [0.3, 0.4) is 0 Å². The van der Waals surface area contributed by atoms with Gasteiger partial charge in [-0.2, -0.15) is 0 Å². The lowest BCUT2D eigenvalue weighted by Gasteiger charge is -2.34. The van der Waals surface area contributed by atoms with Crippen LogP contribution in [0.1, 0.15) is 55.9 Å². The minimum Gasteiger partial charge on any atom is -0.493 e. The average molecular weight is 624 g/mol. The van der Waals surface area contributed by atoms with Crippen molar-refractivity contribution in [1.82, 2.24) is 10.2 Å². The standard InChI is InChI=1S/C34H45N3O6S/c1-9-26(6)35-34(39)30(10-2)36(21-27-14-12-11-13-25(27)5)33(38)22-37(28-18-23(3)17-24(4)19-28)44(40,41)29-15-16-31(42-7)32(20-29)43-8/h11-20,26,30H,9-10,21-22H2,1-8H3,(H,35,39)/t26-,30-/m1/s1. The molecule has 10 heteroatoms. The van der Waals surface area contributed by atoms with Crippen molar-refractivity contribution >= 4 is 27.5 Å². The summed E-state index contributed by atoms with van der Waals surface area (Å²) >= 11 is 0. The molecule has 2 atom stereocenters. The Hall–Kier alpha value is -4.05. The summed E-state index contributed by atoms with van der Waals surface area (Å²) in [5.74, 6) is -0.149. The highest BCUT2D eigenvalue weighted by Gasteiger charge is 2.34. The zero-order valence-corrected chi connectivity index (χ0v) is 27.8. The van der Waals surface area contributed by atoms with E-state index in [0.717, 1.165) is 33.0 Å². The van der Waals surface area contributed by atoms with Gasteiger partial charge in [0, 0.05) is 18.7 Å². The van der Waals surface area contributed by atoms with Gasteiger partial charge in [0.05, 0.1) is 24.8 Å². The fourth-order valence-electron chi connectivity index (χ4n) is 5.06. The van der Waals surface area contributed by atoms with E-state index in [1.165, 1.54) is 37.3 Å². The number of sulfonamides is 1. The molecule has 0 saturated carbocycles. The highest BCUT2D eigenvalue weighted by Crippen LogP contribution is 2.33. The Morgan fingerprint density at radius 1 is 0.864 bits per heavy atom. The van der Waals surface area contributed by atoms with Crippen LogP contribution in [0.15, 0.2) is 65.6 Å². The molecule has 0 radical (unpaired) electrons. The second-order valence-electron chi connectivity index (χ2n) is 11.1. The molecule has 44 heavy (non-hydrogen) atoms. The molecular formula is C34H45N3O6S. The molecule has 3 aromatic rings. The summed E-state index contributed by atoms with van der Waals surface area (Å²) in [5.41, 5.74) is 3.87. The Bertz CT molecular complexity index is 1550. The normalized spacial score (nSPS) is 12.6. The first-order valence-electron chi connectivity index (χ1n) is 14.8. The molecule has 0 spiro atoms. The predicted octanol–water partition coefficient (Wildman–Crippen LogP) is 5.55. The van der Waals surface area contributed by atoms with Crippen LogP contribution in [0.4, 0.5) is 5.69 Å². The van der Waals surface area contributed by atoms with Crippen LogP contribution >= 0.6 is 0 Å². The Balaban J connectivity index is 2.15. The molecule has 1 N–H and O–H groups in total. The molecule has 0 bridgehead atoms. The second kappa shape index (κ2) is 15.1. The number of benzene rings is 3. The monoisotopic (exact) mass is 623 g/mol. The molecule has 9 nitrogen and oxygen atoms in total. The van der Waals surface area contributed by atoms with Crippen molar-refractivity contribution in [3.05, 3.63) is 82.9 Å². The number of hydrogen-bond donors (Lipinski definition) is 1. The number of nitrogens with one attached hydrogen (secondary N) is 1. The van der Waals surface area contributed by atoms with Gasteiger partial charge in [0.25, 0.3) is 10.0 Å². The Labute approximate surface area is 262 Å². The highest BCUT2D eigenvalue weighted by molar-refractivity contribution is 7.92. The van der Waals surface area contributed by atoms with Gasteiger partial charge in [-0.1, -0.05) is 44.2 Å². The minimum atomic E-state index is -4.28. The molecule has 3 aromatic carbocycles. The van der Waals surface area contributed by atoms with Gasteiger partial charge in [-0.25, -0.2) is 8.42 Å². The number of carbonyl (C=O) groups excluding carboxylic acids is 2. The van der Waals surface area contributed by atoms with Crippen LogP contribution < -0.4 is 19.1 Å². The van der Waals surface area contributed by atoms with E-state index in [9.17, 15) is 18.0 Å². The third kappa shape index (κ3) is 8.11. The van der Waals surface area contributed by atoms with Gasteiger partial charge in [-0.15, -0.1) is 0 Å². The summed E-state index contributed by atoms with van der Waals surface area (Å²) in [6.07, 6.45) is 1.09. The molecule has 0 fully saturated rings. The molecule has 0 aromatic heterocycles. The van der Waals surface area contributed by atoms with Crippen molar-refractivity contribution in [1.29, 1.82) is 0 Å². The van der Waals surface area contributed by atoms with Gasteiger partial charge in [-0.3, -0.25) is 13.9 Å². The first-order valence-corrected chi connectivity index (χ1v) is 16.3. The number of carbonyl (C=O) groups is 2. The Kier molecular flexibility index (Phi) is 11.8. The number of amides is 2. The summed E-state index contributed by atoms with van der Waals surface area (Å²) in [6.45, 7) is 11.1. The van der Waals surface area contributed by atoms with Crippen molar-refractivity contribution in [2.75, 3.05) is 25.1 Å². The molecule has 3 rings (SSSR count). The van der Waals surface area contributed by atoms with E-state index in [2.05, 4.69) is 5.32 Å². The molecular weight excluding hydrogens is 578 g/mol. The van der Waals surface area contributed by atoms with Gasteiger partial charge in [0.1, 0.15) is 12.6 Å². The maximum absolute atomic E-state index is 14.4. The van der Waals surface area contributed by atoms with Gasteiger partial charge >= 0.3 is 0 Å². The van der Waals surface area contributed by atoms with E-state index in [1.807, 2.05) is 71.9 Å². The first kappa shape index (κ1) is 34.4. The largest absolute Gasteiger partial charge is 0.493 e. The maximum atomic E-state index is 14.4. The van der Waals surface area contributed by atoms with Crippen molar-refractivity contribution in [3.63, 3.8) is 0 Å². The maximum Gasteiger partial charge on any atom is 0.264 e. The number of rotatable bonds is 14. The van der Waals surface area contributed by atoms with Gasteiger partial charge < -0.3 is 19.7 Å². The van der Waals surface area contributed by atoms with E-state index in [0.29, 0.717) is 17.9 Å². The van der Waals surface area contributed by atoms with Crippen LogP contribution in [0.2, 0.25) is 0 Å². The molecule has 0 heterocycles. The molecule has 2 amide bonds. The van der Waals surface area contributed by atoms with Crippen LogP contribution in [0, 0.1) is 20.8 Å². The van der Waals surface area contributed by atoms with Crippen LogP contribution in [0.25, 0.3) is 0 Å². The van der Waals surface area contributed by atoms with Gasteiger partial charge in [0.2, 0.25) is 11.8 Å². The minimum absolute atomic E-state index is 0.0610. The lowest BCUT2D eigenvalue weighted by molar-refractivity contribution is -0.140. The summed E-state index contributed by atoms with van der Waals surface area (Å²) < 4.78 is 40.5. The first-order chi connectivity index (χ1) is 20.9. The number of methoxy groups -OCH3 is 2. The fraction of sp³-hybridized carbons (Fsp3) is 0.412. The highest BCUT2D eigenvalue weighted by atomic mass is 32.2. The molecule has 0 unspecified atom stereocenters. The number of hydrogen-bond acceptors (Lipinski definition) is 6. The number of anilines is 1. The van der Waals surface area contributed by atoms with Crippen molar-refractivity contribution in [3.8, 4) is 11.5 Å². The van der Waals surface area contributed by atoms with Crippen molar-refractivity contribution < 1.29 is 27.5 Å². The van der Waals surface area contributed by atoms with E-state index in [1.54, 1.807) is 12.1 Å². The zero-order valence-electron chi connectivity index (χ0n) is 27.0. The Morgan fingerprint density at radius 3 is 2.07 bits per heavy atom. The molecule has 0 saturated heterocycles. The molecule has 238 valence electrons. The summed E-state index contributed by atoms with van der Waals surface area (Å²) in [4.78, 5) is 29.3. The van der Waals surface area contributed by atoms with Crippen LogP contribution in [0.5, 0.6) is 11.5 Å². The molecule has 0 aliphatic rings. The average Bonchev–Trinajstić information content (AvgIpc) is 2.99. The third-order valence-electron chi connectivity index (χ3n) is 7.71. The van der Waals surface area contributed by atoms with Gasteiger partial charge in [0.15, 0.2) is 11.5 Å². The predicted molar refractivity (Wildman–Crippen MR) is 174 cm³/mol. The van der Waals surface area contributed by atoms with E-state index < -0.39 is 28.5 Å². The van der Waals surface area contributed by atoms with Crippen molar-refractivity contribution in [2.24, 2.45) is 0 Å². The summed E-state index contributed by atoms with van der Waals surface area (Å²) in [6, 6.07) is 16.5. The third-order valence-corrected chi connectivity index (χ3v) is 9.48. The topological polar surface area (TPSA) is 105 Å². The van der Waals surface area contributed by atoms with E-state index in [-0.39, 0.29) is 29.1 Å². The fourth-order valence-corrected chi connectivity index (χ4v) is 6.47. The summed E-state index contributed by atoms with van der Waals surface area (Å²) in [7, 11) is -1.38. The van der Waals surface area contributed by atoms with Gasteiger partial charge in [-0.05, 0) is 87.1 Å².